The van der Waals surface area contributed by atoms with E-state index in [2.05, 4.69) is 6.92 Å². The van der Waals surface area contributed by atoms with Crippen molar-refractivity contribution < 1.29 is 4.79 Å². The number of likely N-dealkylation sites (tertiary alicyclic amines) is 1. The maximum Gasteiger partial charge on any atom is 0.253 e. The van der Waals surface area contributed by atoms with Gasteiger partial charge in [0.1, 0.15) is 0 Å². The Morgan fingerprint density at radius 2 is 2.29 bits per heavy atom. The van der Waals surface area contributed by atoms with Crippen molar-refractivity contribution >= 4 is 17.5 Å². The summed E-state index contributed by atoms with van der Waals surface area (Å²) in [6, 6.07) is 7.13. The first-order chi connectivity index (χ1) is 8.08. The highest BCUT2D eigenvalue weighted by molar-refractivity contribution is 6.30. The highest BCUT2D eigenvalue weighted by Gasteiger charge is 2.26. The van der Waals surface area contributed by atoms with E-state index in [-0.39, 0.29) is 11.9 Å². The second-order valence-corrected chi connectivity index (χ2v) is 5.13. The summed E-state index contributed by atoms with van der Waals surface area (Å²) in [6.45, 7) is 3.54. The summed E-state index contributed by atoms with van der Waals surface area (Å²) in [5.74, 6) is 0.508. The summed E-state index contributed by atoms with van der Waals surface area (Å²) in [4.78, 5) is 14.0. The summed E-state index contributed by atoms with van der Waals surface area (Å²) in [6.07, 6.45) is 0.966. The van der Waals surface area contributed by atoms with Crippen LogP contribution in [0.3, 0.4) is 0 Å². The van der Waals surface area contributed by atoms with Crippen molar-refractivity contribution in [2.75, 3.05) is 13.1 Å². The molecule has 3 nitrogen and oxygen atoms in total. The molecule has 2 unspecified atom stereocenters. The molecule has 1 fully saturated rings. The van der Waals surface area contributed by atoms with Gasteiger partial charge in [-0.2, -0.15) is 0 Å². The second-order valence-electron chi connectivity index (χ2n) is 4.69. The first-order valence-corrected chi connectivity index (χ1v) is 6.26. The minimum Gasteiger partial charge on any atom is -0.337 e. The number of piperidine rings is 1. The third-order valence-corrected chi connectivity index (χ3v) is 3.61. The molecule has 0 spiro atoms. The lowest BCUT2D eigenvalue weighted by molar-refractivity contribution is 0.0672. The quantitative estimate of drug-likeness (QED) is 0.833. The molecule has 2 N–H and O–H groups in total. The molecule has 1 aliphatic heterocycles. The lowest BCUT2D eigenvalue weighted by Gasteiger charge is -2.35. The fourth-order valence-electron chi connectivity index (χ4n) is 2.09. The number of nitrogens with zero attached hydrogens (tertiary/aromatic N) is 1. The average Bonchev–Trinajstić information content (AvgIpc) is 2.32. The van der Waals surface area contributed by atoms with E-state index < -0.39 is 0 Å². The van der Waals surface area contributed by atoms with Crippen LogP contribution in [-0.4, -0.2) is 29.9 Å². The summed E-state index contributed by atoms with van der Waals surface area (Å²) >= 11 is 5.88. The van der Waals surface area contributed by atoms with Crippen LogP contribution in [-0.2, 0) is 0 Å². The summed E-state index contributed by atoms with van der Waals surface area (Å²) in [5.41, 5.74) is 6.63. The monoisotopic (exact) mass is 252 g/mol. The average molecular weight is 253 g/mol. The number of hydrogen-bond acceptors (Lipinski definition) is 2. The largest absolute Gasteiger partial charge is 0.337 e. The molecule has 92 valence electrons. The van der Waals surface area contributed by atoms with Crippen LogP contribution in [0.2, 0.25) is 5.02 Å². The molecule has 0 aliphatic carbocycles. The number of carbonyl (C=O) groups is 1. The van der Waals surface area contributed by atoms with Gasteiger partial charge in [0.25, 0.3) is 5.91 Å². The fraction of sp³-hybridized carbons (Fsp3) is 0.462. The molecular formula is C13H17ClN2O. The molecule has 1 heterocycles. The van der Waals surface area contributed by atoms with E-state index in [0.29, 0.717) is 23.0 Å². The van der Waals surface area contributed by atoms with Crippen LogP contribution < -0.4 is 5.73 Å². The zero-order chi connectivity index (χ0) is 12.4. The summed E-state index contributed by atoms with van der Waals surface area (Å²) < 4.78 is 0. The predicted molar refractivity (Wildman–Crippen MR) is 69.1 cm³/mol. The van der Waals surface area contributed by atoms with Gasteiger partial charge in [0, 0.05) is 29.7 Å². The van der Waals surface area contributed by atoms with Crippen molar-refractivity contribution in [3.8, 4) is 0 Å². The normalized spacial score (nSPS) is 24.8. The molecular weight excluding hydrogens is 236 g/mol. The van der Waals surface area contributed by atoms with Crippen LogP contribution in [0.25, 0.3) is 0 Å². The van der Waals surface area contributed by atoms with Crippen molar-refractivity contribution in [2.24, 2.45) is 11.7 Å². The predicted octanol–water partition coefficient (Wildman–Crippen LogP) is 2.15. The number of nitrogens with two attached hydrogens (primary N) is 1. The number of rotatable bonds is 1. The van der Waals surface area contributed by atoms with Gasteiger partial charge in [0.05, 0.1) is 0 Å². The Morgan fingerprint density at radius 1 is 1.53 bits per heavy atom. The summed E-state index contributed by atoms with van der Waals surface area (Å²) in [5, 5.41) is 0.588. The van der Waals surface area contributed by atoms with Gasteiger partial charge < -0.3 is 10.6 Å². The molecule has 1 aromatic carbocycles. The minimum absolute atomic E-state index is 0.0230. The molecule has 4 heteroatoms. The van der Waals surface area contributed by atoms with Crippen LogP contribution >= 0.6 is 11.6 Å². The second kappa shape index (κ2) is 5.07. The Bertz CT molecular complexity index is 422. The minimum atomic E-state index is 0.0230. The lowest BCUT2D eigenvalue weighted by Crippen LogP contribution is -2.49. The Kier molecular flexibility index (Phi) is 3.69. The third-order valence-electron chi connectivity index (χ3n) is 3.38. The fourth-order valence-corrected chi connectivity index (χ4v) is 2.28. The van der Waals surface area contributed by atoms with Crippen LogP contribution in [0.15, 0.2) is 24.3 Å². The van der Waals surface area contributed by atoms with Gasteiger partial charge in [-0.25, -0.2) is 0 Å². The van der Waals surface area contributed by atoms with Crippen molar-refractivity contribution in [1.82, 2.24) is 4.90 Å². The van der Waals surface area contributed by atoms with Gasteiger partial charge in [0.2, 0.25) is 0 Å². The molecule has 2 atom stereocenters. The SMILES string of the molecule is CC1CCN(C(=O)c2cccc(Cl)c2)CC1N. The zero-order valence-electron chi connectivity index (χ0n) is 9.90. The molecule has 1 aromatic rings. The van der Waals surface area contributed by atoms with Crippen molar-refractivity contribution in [3.05, 3.63) is 34.9 Å². The van der Waals surface area contributed by atoms with Gasteiger partial charge in [-0.1, -0.05) is 24.6 Å². The Balaban J connectivity index is 2.10. The van der Waals surface area contributed by atoms with Gasteiger partial charge in [-0.3, -0.25) is 4.79 Å². The maximum absolute atomic E-state index is 12.2. The van der Waals surface area contributed by atoms with E-state index in [0.717, 1.165) is 13.0 Å². The molecule has 1 saturated heterocycles. The van der Waals surface area contributed by atoms with Gasteiger partial charge >= 0.3 is 0 Å². The van der Waals surface area contributed by atoms with Crippen LogP contribution in [0, 0.1) is 5.92 Å². The Morgan fingerprint density at radius 3 is 2.94 bits per heavy atom. The van der Waals surface area contributed by atoms with Crippen molar-refractivity contribution in [3.63, 3.8) is 0 Å². The number of benzene rings is 1. The zero-order valence-corrected chi connectivity index (χ0v) is 10.7. The molecule has 2 rings (SSSR count). The van der Waals surface area contributed by atoms with Crippen LogP contribution in [0.4, 0.5) is 0 Å². The number of amides is 1. The van der Waals surface area contributed by atoms with Crippen molar-refractivity contribution in [1.29, 1.82) is 0 Å². The van der Waals surface area contributed by atoms with Gasteiger partial charge in [-0.05, 0) is 30.5 Å². The molecule has 0 aromatic heterocycles. The number of hydrogen-bond donors (Lipinski definition) is 1. The maximum atomic E-state index is 12.2. The molecule has 1 aliphatic rings. The highest BCUT2D eigenvalue weighted by Crippen LogP contribution is 2.19. The van der Waals surface area contributed by atoms with Gasteiger partial charge in [-0.15, -0.1) is 0 Å². The van der Waals surface area contributed by atoms with Crippen LogP contribution in [0.5, 0.6) is 0 Å². The molecule has 0 saturated carbocycles. The molecule has 0 radical (unpaired) electrons. The van der Waals surface area contributed by atoms with E-state index in [1.165, 1.54) is 0 Å². The third kappa shape index (κ3) is 2.79. The standard InChI is InChI=1S/C13H17ClN2O/c1-9-5-6-16(8-12(9)15)13(17)10-3-2-4-11(14)7-10/h2-4,7,9,12H,5-6,8,15H2,1H3. The summed E-state index contributed by atoms with van der Waals surface area (Å²) in [7, 11) is 0. The van der Waals surface area contributed by atoms with Crippen LogP contribution in [0.1, 0.15) is 23.7 Å². The van der Waals surface area contributed by atoms with Gasteiger partial charge in [0.15, 0.2) is 0 Å². The van der Waals surface area contributed by atoms with E-state index in [1.807, 2.05) is 4.90 Å². The lowest BCUT2D eigenvalue weighted by atomic mass is 9.94. The topological polar surface area (TPSA) is 46.3 Å². The molecule has 17 heavy (non-hydrogen) atoms. The number of carbonyl (C=O) groups excluding carboxylic acids is 1. The number of halogens is 1. The van der Waals surface area contributed by atoms with E-state index in [9.17, 15) is 4.79 Å². The highest BCUT2D eigenvalue weighted by atomic mass is 35.5. The molecule has 0 bridgehead atoms. The Labute approximate surface area is 107 Å². The van der Waals surface area contributed by atoms with E-state index in [4.69, 9.17) is 17.3 Å². The first kappa shape index (κ1) is 12.4. The smallest absolute Gasteiger partial charge is 0.253 e. The van der Waals surface area contributed by atoms with Crippen molar-refractivity contribution in [2.45, 2.75) is 19.4 Å². The van der Waals surface area contributed by atoms with E-state index in [1.54, 1.807) is 24.3 Å². The molecule has 1 amide bonds. The van der Waals surface area contributed by atoms with E-state index >= 15 is 0 Å². The Hall–Kier alpha value is -1.06. The first-order valence-electron chi connectivity index (χ1n) is 5.88.